The van der Waals surface area contributed by atoms with Crippen LogP contribution in [0.15, 0.2) is 12.2 Å². The van der Waals surface area contributed by atoms with Crippen molar-refractivity contribution < 1.29 is 89.4 Å². The van der Waals surface area contributed by atoms with Crippen molar-refractivity contribution in [2.45, 2.75) is 304 Å². The minimum Gasteiger partial charge on any atom is -0.394 e. The lowest BCUT2D eigenvalue weighted by atomic mass is 9.96. The molecule has 3 fully saturated rings. The molecule has 0 aromatic carbocycles. The monoisotopic (exact) mass is 1070 g/mol. The SMILES string of the molecule is CCCCCCCCCCC/C=C/C(O)C(COC1OC(CO)C(OC2OC(CO)C(OC3OC(CO)C(O)C(O)C3O)C(O)C2O)C(O)C1O)NC(=O)CCCCCCCCCCCCCCCCCCCC. The van der Waals surface area contributed by atoms with Crippen LogP contribution >= 0.6 is 0 Å². The maximum absolute atomic E-state index is 13.3. The third-order valence-corrected chi connectivity index (χ3v) is 14.8. The molecule has 0 spiro atoms. The van der Waals surface area contributed by atoms with Crippen LogP contribution in [-0.2, 0) is 33.2 Å². The number of carbonyl (C=O) groups is 1. The maximum Gasteiger partial charge on any atom is 0.220 e. The van der Waals surface area contributed by atoms with Gasteiger partial charge in [-0.3, -0.25) is 4.79 Å². The Labute approximate surface area is 442 Å². The number of aliphatic hydroxyl groups is 11. The molecule has 0 aliphatic carbocycles. The van der Waals surface area contributed by atoms with Gasteiger partial charge in [-0.05, 0) is 19.3 Å². The van der Waals surface area contributed by atoms with E-state index in [1.54, 1.807) is 6.08 Å². The molecule has 3 aliphatic rings. The molecule has 0 aromatic heterocycles. The summed E-state index contributed by atoms with van der Waals surface area (Å²) in [5.74, 6) is -0.274. The number of hydrogen-bond donors (Lipinski definition) is 12. The number of rotatable bonds is 42. The summed E-state index contributed by atoms with van der Waals surface area (Å²) in [5, 5.41) is 120. The van der Waals surface area contributed by atoms with E-state index in [4.69, 9.17) is 28.4 Å². The first kappa shape index (κ1) is 66.8. The number of carbonyl (C=O) groups excluding carboxylic acids is 1. The van der Waals surface area contributed by atoms with E-state index in [1.165, 1.54) is 128 Å². The largest absolute Gasteiger partial charge is 0.394 e. The van der Waals surface area contributed by atoms with Gasteiger partial charge < -0.3 is 89.9 Å². The number of hydrogen-bond acceptors (Lipinski definition) is 18. The first-order valence-electron chi connectivity index (χ1n) is 28.9. The van der Waals surface area contributed by atoms with Crippen molar-refractivity contribution in [3.63, 3.8) is 0 Å². The molecule has 0 bridgehead atoms. The van der Waals surface area contributed by atoms with Crippen molar-refractivity contribution >= 4 is 5.91 Å². The van der Waals surface area contributed by atoms with Crippen LogP contribution in [0.1, 0.15) is 200 Å². The third-order valence-electron chi connectivity index (χ3n) is 14.8. The van der Waals surface area contributed by atoms with Crippen LogP contribution in [0.4, 0.5) is 0 Å². The fraction of sp³-hybridized carbons (Fsp3) is 0.945. The molecule has 74 heavy (non-hydrogen) atoms. The zero-order valence-electron chi connectivity index (χ0n) is 45.1. The van der Waals surface area contributed by atoms with Gasteiger partial charge in [0.2, 0.25) is 5.91 Å². The molecule has 1 amide bonds. The van der Waals surface area contributed by atoms with Gasteiger partial charge in [0.05, 0.1) is 38.6 Å². The highest BCUT2D eigenvalue weighted by atomic mass is 16.8. The van der Waals surface area contributed by atoms with Gasteiger partial charge in [-0.25, -0.2) is 0 Å². The molecule has 3 rings (SSSR count). The molecule has 12 N–H and O–H groups in total. The Morgan fingerprint density at radius 1 is 0.473 bits per heavy atom. The highest BCUT2D eigenvalue weighted by molar-refractivity contribution is 5.76. The van der Waals surface area contributed by atoms with E-state index < -0.39 is 124 Å². The molecule has 0 radical (unpaired) electrons. The Kier molecular flexibility index (Phi) is 35.9. The normalized spacial score (nSPS) is 31.5. The molecule has 17 unspecified atom stereocenters. The summed E-state index contributed by atoms with van der Waals surface area (Å²) in [6.45, 7) is 1.70. The molecule has 17 atom stereocenters. The summed E-state index contributed by atoms with van der Waals surface area (Å²) >= 11 is 0. The molecule has 3 aliphatic heterocycles. The predicted octanol–water partition coefficient (Wildman–Crippen LogP) is 4.21. The second kappa shape index (κ2) is 39.8. The van der Waals surface area contributed by atoms with E-state index in [-0.39, 0.29) is 18.9 Å². The van der Waals surface area contributed by atoms with Gasteiger partial charge in [-0.15, -0.1) is 0 Å². The molecule has 3 heterocycles. The second-order valence-corrected chi connectivity index (χ2v) is 21.1. The van der Waals surface area contributed by atoms with Crippen LogP contribution in [0, 0.1) is 0 Å². The smallest absolute Gasteiger partial charge is 0.220 e. The number of aliphatic hydroxyl groups excluding tert-OH is 11. The van der Waals surface area contributed by atoms with Gasteiger partial charge in [0, 0.05) is 6.42 Å². The molecule has 436 valence electrons. The first-order valence-corrected chi connectivity index (χ1v) is 28.9. The van der Waals surface area contributed by atoms with Crippen LogP contribution < -0.4 is 5.32 Å². The van der Waals surface area contributed by atoms with Crippen molar-refractivity contribution in [3.05, 3.63) is 12.2 Å². The zero-order valence-corrected chi connectivity index (χ0v) is 45.1. The minimum absolute atomic E-state index is 0.249. The van der Waals surface area contributed by atoms with E-state index in [2.05, 4.69) is 19.2 Å². The fourth-order valence-corrected chi connectivity index (χ4v) is 10.0. The topological polar surface area (TPSA) is 307 Å². The highest BCUT2D eigenvalue weighted by Crippen LogP contribution is 2.33. The summed E-state index contributed by atoms with van der Waals surface area (Å²) in [7, 11) is 0. The van der Waals surface area contributed by atoms with Crippen molar-refractivity contribution in [2.75, 3.05) is 26.4 Å². The lowest BCUT2D eigenvalue weighted by Crippen LogP contribution is -2.66. The number of ether oxygens (including phenoxy) is 6. The van der Waals surface area contributed by atoms with Crippen LogP contribution in [-0.4, -0.2) is 193 Å². The molecule has 3 saturated heterocycles. The molecule has 0 aromatic rings. The number of amides is 1. The average molecular weight is 1070 g/mol. The summed E-state index contributed by atoms with van der Waals surface area (Å²) in [6, 6.07) is -0.965. The minimum atomic E-state index is -1.97. The van der Waals surface area contributed by atoms with Crippen molar-refractivity contribution in [3.8, 4) is 0 Å². The van der Waals surface area contributed by atoms with Gasteiger partial charge in [0.25, 0.3) is 0 Å². The van der Waals surface area contributed by atoms with Gasteiger partial charge in [-0.2, -0.15) is 0 Å². The second-order valence-electron chi connectivity index (χ2n) is 21.1. The molecular formula is C55H103NO18. The van der Waals surface area contributed by atoms with Crippen molar-refractivity contribution in [1.82, 2.24) is 5.32 Å². The molecule has 0 saturated carbocycles. The lowest BCUT2D eigenvalue weighted by molar-refractivity contribution is -0.379. The van der Waals surface area contributed by atoms with E-state index >= 15 is 0 Å². The molecular weight excluding hydrogens is 963 g/mol. The number of nitrogens with one attached hydrogen (secondary N) is 1. The summed E-state index contributed by atoms with van der Waals surface area (Å²) in [4.78, 5) is 13.3. The Hall–Kier alpha value is -1.47. The van der Waals surface area contributed by atoms with Gasteiger partial charge in [0.1, 0.15) is 73.2 Å². The first-order chi connectivity index (χ1) is 35.8. The van der Waals surface area contributed by atoms with Crippen LogP contribution in [0.2, 0.25) is 0 Å². The van der Waals surface area contributed by atoms with E-state index in [0.29, 0.717) is 6.42 Å². The van der Waals surface area contributed by atoms with Crippen LogP contribution in [0.5, 0.6) is 0 Å². The highest BCUT2D eigenvalue weighted by Gasteiger charge is 2.53. The summed E-state index contributed by atoms with van der Waals surface area (Å²) < 4.78 is 34.2. The van der Waals surface area contributed by atoms with Crippen molar-refractivity contribution in [1.29, 1.82) is 0 Å². The van der Waals surface area contributed by atoms with Gasteiger partial charge in [0.15, 0.2) is 18.9 Å². The molecule has 19 heteroatoms. The van der Waals surface area contributed by atoms with Gasteiger partial charge >= 0.3 is 0 Å². The van der Waals surface area contributed by atoms with E-state index in [9.17, 15) is 61.0 Å². The fourth-order valence-electron chi connectivity index (χ4n) is 10.0. The quantitative estimate of drug-likeness (QED) is 0.0301. The Balaban J connectivity index is 1.50. The summed E-state index contributed by atoms with van der Waals surface area (Å²) in [5.41, 5.74) is 0. The zero-order chi connectivity index (χ0) is 54.1. The standard InChI is InChI=1S/C55H103NO18/c1-3-5-7-9-11-13-15-16-17-18-19-20-21-23-25-27-29-31-33-43(61)56-38(39(60)32-30-28-26-24-22-14-12-10-8-6-4-2)37-69-53-49(67)46(64)51(41(35-58)71-53)74-55-50(68)47(65)52(42(36-59)72-55)73-54-48(66)45(63)44(62)40(34-57)70-54/h30,32,38-42,44-55,57-60,62-68H,3-29,31,33-37H2,1-2H3,(H,56,61)/b32-30+. The Morgan fingerprint density at radius 2 is 0.838 bits per heavy atom. The van der Waals surface area contributed by atoms with Gasteiger partial charge in [-0.1, -0.05) is 187 Å². The molecule has 19 nitrogen and oxygen atoms in total. The van der Waals surface area contributed by atoms with Crippen LogP contribution in [0.3, 0.4) is 0 Å². The van der Waals surface area contributed by atoms with Crippen LogP contribution in [0.25, 0.3) is 0 Å². The van der Waals surface area contributed by atoms with E-state index in [0.717, 1.165) is 44.9 Å². The predicted molar refractivity (Wildman–Crippen MR) is 277 cm³/mol. The van der Waals surface area contributed by atoms with E-state index in [1.807, 2.05) is 6.08 Å². The Bertz CT molecular complexity index is 1410. The number of allylic oxidation sites excluding steroid dienone is 1. The maximum atomic E-state index is 13.3. The lowest BCUT2D eigenvalue weighted by Gasteiger charge is -2.48. The van der Waals surface area contributed by atoms with Crippen molar-refractivity contribution in [2.24, 2.45) is 0 Å². The average Bonchev–Trinajstić information content (AvgIpc) is 3.40. The Morgan fingerprint density at radius 3 is 1.27 bits per heavy atom. The third kappa shape index (κ3) is 24.3. The number of unbranched alkanes of at least 4 members (excludes halogenated alkanes) is 26. The summed E-state index contributed by atoms with van der Waals surface area (Å²) in [6.07, 6.45) is 10.6.